The van der Waals surface area contributed by atoms with Crippen LogP contribution in [0.3, 0.4) is 0 Å². The summed E-state index contributed by atoms with van der Waals surface area (Å²) >= 11 is 0. The van der Waals surface area contributed by atoms with Gasteiger partial charge in [0.1, 0.15) is 23.6 Å². The number of anilines is 1. The molecular weight excluding hydrogens is 503 g/mol. The number of rotatable bonds is 9. The summed E-state index contributed by atoms with van der Waals surface area (Å²) in [5.74, 6) is -6.66. The van der Waals surface area contributed by atoms with Crippen LogP contribution in [-0.4, -0.2) is 65.6 Å². The molecule has 0 radical (unpaired) electrons. The fourth-order valence-electron chi connectivity index (χ4n) is 5.30. The van der Waals surface area contributed by atoms with Gasteiger partial charge >= 0.3 is 0 Å². The second-order valence-corrected chi connectivity index (χ2v) is 10.1. The number of aromatic nitrogens is 1. The Hall–Kier alpha value is -3.96. The molecule has 2 aliphatic rings. The molecule has 2 aromatic rings. The van der Waals surface area contributed by atoms with Gasteiger partial charge in [-0.2, -0.15) is 0 Å². The number of likely N-dealkylation sites (N-methyl/N-ethyl adjacent to an activating group) is 1. The molecule has 3 amide bonds. The number of pyridine rings is 1. The van der Waals surface area contributed by atoms with Gasteiger partial charge in [0.15, 0.2) is 11.6 Å². The first kappa shape index (κ1) is 27.1. The number of Topliss-reactive ketones (excluding diaryl/α,β-unsaturated/α-hetero) is 1. The Bertz CT molecular complexity index is 1250. The predicted molar refractivity (Wildman–Crippen MR) is 130 cm³/mol. The van der Waals surface area contributed by atoms with Gasteiger partial charge < -0.3 is 20.9 Å². The number of nitrogens with zero attached hydrogens (tertiary/aromatic N) is 2. The van der Waals surface area contributed by atoms with E-state index in [-0.39, 0.29) is 30.2 Å². The maximum absolute atomic E-state index is 14.0. The molecule has 4 rings (SSSR count). The lowest BCUT2D eigenvalue weighted by Gasteiger charge is -2.31. The summed E-state index contributed by atoms with van der Waals surface area (Å²) in [7, 11) is 1.30. The van der Waals surface area contributed by atoms with Crippen LogP contribution < -0.4 is 16.0 Å². The topological polar surface area (TPSA) is 120 Å². The zero-order chi connectivity index (χ0) is 27.8. The maximum atomic E-state index is 14.0. The molecule has 9 nitrogen and oxygen atoms in total. The summed E-state index contributed by atoms with van der Waals surface area (Å²) in [4.78, 5) is 57.0. The Kier molecular flexibility index (Phi) is 7.43. The molecule has 1 aliphatic carbocycles. The molecule has 38 heavy (non-hydrogen) atoms. The summed E-state index contributed by atoms with van der Waals surface area (Å²) < 4.78 is 41.2. The molecule has 4 atom stereocenters. The predicted octanol–water partition coefficient (Wildman–Crippen LogP) is 1.44. The molecule has 1 aromatic carbocycles. The lowest BCUT2D eigenvalue weighted by atomic mass is 9.99. The van der Waals surface area contributed by atoms with Gasteiger partial charge in [0.2, 0.25) is 17.6 Å². The largest absolute Gasteiger partial charge is 0.371 e. The van der Waals surface area contributed by atoms with Crippen molar-refractivity contribution in [1.82, 2.24) is 20.5 Å². The van der Waals surface area contributed by atoms with Crippen molar-refractivity contribution >= 4 is 29.2 Å². The Labute approximate surface area is 217 Å². The normalized spacial score (nSPS) is 21.7. The minimum Gasteiger partial charge on any atom is -0.371 e. The molecule has 0 unspecified atom stereocenters. The lowest BCUT2D eigenvalue weighted by molar-refractivity contribution is -0.142. The second-order valence-electron chi connectivity index (χ2n) is 10.1. The van der Waals surface area contributed by atoms with E-state index in [9.17, 15) is 32.3 Å². The van der Waals surface area contributed by atoms with Crippen LogP contribution in [-0.2, 0) is 25.6 Å². The van der Waals surface area contributed by atoms with Gasteiger partial charge in [-0.25, -0.2) is 13.2 Å². The van der Waals surface area contributed by atoms with Crippen LogP contribution in [0.2, 0.25) is 0 Å². The third kappa shape index (κ3) is 5.20. The van der Waals surface area contributed by atoms with E-state index >= 15 is 0 Å². The van der Waals surface area contributed by atoms with Crippen LogP contribution in [0.25, 0.3) is 0 Å². The van der Waals surface area contributed by atoms with Gasteiger partial charge in [0, 0.05) is 44.0 Å². The van der Waals surface area contributed by atoms with Gasteiger partial charge in [0.05, 0.1) is 6.54 Å². The molecule has 1 saturated heterocycles. The summed E-state index contributed by atoms with van der Waals surface area (Å²) in [6.07, 6.45) is 1.48. The molecule has 2 fully saturated rings. The Balaban J connectivity index is 1.52. The number of halogens is 3. The number of benzene rings is 1. The highest BCUT2D eigenvalue weighted by atomic mass is 19.1. The van der Waals surface area contributed by atoms with Gasteiger partial charge in [-0.3, -0.25) is 24.2 Å². The lowest BCUT2D eigenvalue weighted by Crippen LogP contribution is -2.56. The van der Waals surface area contributed by atoms with Gasteiger partial charge in [-0.15, -0.1) is 0 Å². The molecule has 1 saturated carbocycles. The van der Waals surface area contributed by atoms with Gasteiger partial charge in [-0.1, -0.05) is 19.9 Å². The van der Waals surface area contributed by atoms with E-state index in [1.807, 2.05) is 13.8 Å². The smallest absolute Gasteiger partial charge is 0.289 e. The number of amides is 3. The van der Waals surface area contributed by atoms with Crippen LogP contribution in [0.1, 0.15) is 19.5 Å². The van der Waals surface area contributed by atoms with Crippen molar-refractivity contribution in [1.29, 1.82) is 0 Å². The highest BCUT2D eigenvalue weighted by molar-refractivity contribution is 6.38. The van der Waals surface area contributed by atoms with Crippen molar-refractivity contribution in [3.8, 4) is 0 Å². The first-order valence-electron chi connectivity index (χ1n) is 12.1. The van der Waals surface area contributed by atoms with Crippen LogP contribution >= 0.6 is 0 Å². The average Bonchev–Trinajstić information content (AvgIpc) is 3.19. The fraction of sp³-hybridized carbons (Fsp3) is 0.423. The fourth-order valence-corrected chi connectivity index (χ4v) is 5.30. The molecule has 1 aromatic heterocycles. The third-order valence-electron chi connectivity index (χ3n) is 7.44. The van der Waals surface area contributed by atoms with Crippen molar-refractivity contribution in [3.63, 3.8) is 0 Å². The molecule has 202 valence electrons. The van der Waals surface area contributed by atoms with Crippen molar-refractivity contribution < 1.29 is 32.3 Å². The van der Waals surface area contributed by atoms with Crippen molar-refractivity contribution in [2.45, 2.75) is 32.4 Å². The molecule has 12 heteroatoms. The number of ketones is 1. The summed E-state index contributed by atoms with van der Waals surface area (Å²) in [6.45, 7) is 3.62. The number of piperidine rings is 1. The number of hydrogen-bond donors (Lipinski definition) is 3. The third-order valence-corrected chi connectivity index (χ3v) is 7.44. The minimum atomic E-state index is -1.23. The summed E-state index contributed by atoms with van der Waals surface area (Å²) in [6, 6.07) is 3.84. The van der Waals surface area contributed by atoms with Crippen molar-refractivity contribution in [3.05, 3.63) is 59.7 Å². The van der Waals surface area contributed by atoms with E-state index in [4.69, 9.17) is 0 Å². The standard InChI is InChI=1S/C26H28F3N5O4/c1-26(2)15-12-34(19(35)11-32-21-16(28)8-13(27)9-17(21)29)22(20(15)26)24(37)33-18(23(36)25(38)30-3)10-14-6-4-5-7-31-14/h4-9,15,18,20,22,32H,10-12H2,1-3H3,(H,30,38)(H,33,37)/t15-,18-,20-,22-/m0/s1. The molecule has 1 aliphatic heterocycles. The number of nitrogens with one attached hydrogen (secondary N) is 3. The molecular formula is C26H28F3N5O4. The van der Waals surface area contributed by atoms with Crippen LogP contribution in [0, 0.1) is 34.7 Å². The zero-order valence-corrected chi connectivity index (χ0v) is 21.1. The van der Waals surface area contributed by atoms with Gasteiger partial charge in [-0.05, 0) is 29.4 Å². The Morgan fingerprint density at radius 1 is 1.13 bits per heavy atom. The highest BCUT2D eigenvalue weighted by Gasteiger charge is 2.69. The monoisotopic (exact) mass is 531 g/mol. The number of fused-ring (bicyclic) bond motifs is 1. The Morgan fingerprint density at radius 3 is 2.42 bits per heavy atom. The maximum Gasteiger partial charge on any atom is 0.289 e. The van der Waals surface area contributed by atoms with Crippen LogP contribution in [0.4, 0.5) is 18.9 Å². The number of carbonyl (C=O) groups excluding carboxylic acids is 4. The second kappa shape index (κ2) is 10.4. The quantitative estimate of drug-likeness (QED) is 0.421. The van der Waals surface area contributed by atoms with Crippen molar-refractivity contribution in [2.24, 2.45) is 17.3 Å². The molecule has 0 spiro atoms. The average molecular weight is 532 g/mol. The molecule has 3 N–H and O–H groups in total. The van der Waals surface area contributed by atoms with E-state index in [2.05, 4.69) is 20.9 Å². The first-order valence-corrected chi connectivity index (χ1v) is 12.1. The summed E-state index contributed by atoms with van der Waals surface area (Å²) in [5, 5.41) is 7.25. The highest BCUT2D eigenvalue weighted by Crippen LogP contribution is 2.64. The van der Waals surface area contributed by atoms with Gasteiger partial charge in [0.25, 0.3) is 5.91 Å². The minimum absolute atomic E-state index is 0.00498. The van der Waals surface area contributed by atoms with Crippen molar-refractivity contribution in [2.75, 3.05) is 25.5 Å². The van der Waals surface area contributed by atoms with E-state index in [0.29, 0.717) is 17.8 Å². The first-order chi connectivity index (χ1) is 17.9. The van der Waals surface area contributed by atoms with E-state index in [1.54, 1.807) is 18.2 Å². The number of likely N-dealkylation sites (tertiary alicyclic amines) is 1. The Morgan fingerprint density at radius 2 is 1.82 bits per heavy atom. The van der Waals surface area contributed by atoms with Crippen LogP contribution in [0.15, 0.2) is 36.5 Å². The number of carbonyl (C=O) groups is 4. The SMILES string of the molecule is CNC(=O)C(=O)[C@H](Cc1ccccn1)NC(=O)[C@@H]1[C@@H]2[C@H](CN1C(=O)CNc1c(F)cc(F)cc1F)C2(C)C. The van der Waals surface area contributed by atoms with E-state index in [0.717, 1.165) is 0 Å². The van der Waals surface area contributed by atoms with Crippen LogP contribution in [0.5, 0.6) is 0 Å². The van der Waals surface area contributed by atoms with E-state index < -0.39 is 65.3 Å². The zero-order valence-electron chi connectivity index (χ0n) is 21.1. The van der Waals surface area contributed by atoms with E-state index in [1.165, 1.54) is 18.1 Å². The molecule has 0 bridgehead atoms. The number of hydrogen-bond acceptors (Lipinski definition) is 6. The summed E-state index contributed by atoms with van der Waals surface area (Å²) in [5.41, 5.74) is -0.425. The molecule has 2 heterocycles.